The minimum atomic E-state index is -0.110. The largest absolute Gasteiger partial charge is 0.355 e. The van der Waals surface area contributed by atoms with Gasteiger partial charge < -0.3 is 14.7 Å². The van der Waals surface area contributed by atoms with Crippen LogP contribution in [0.3, 0.4) is 0 Å². The average Bonchev–Trinajstić information content (AvgIpc) is 3.47. The molecule has 0 bridgehead atoms. The maximum Gasteiger partial charge on any atom is 0.276 e. The quantitative estimate of drug-likeness (QED) is 0.676. The topological polar surface area (TPSA) is 78.7 Å². The zero-order chi connectivity index (χ0) is 20.1. The summed E-state index contributed by atoms with van der Waals surface area (Å²) in [4.78, 5) is 28.7. The summed E-state index contributed by atoms with van der Waals surface area (Å²) in [5.41, 5.74) is 1.93. The van der Waals surface area contributed by atoms with Gasteiger partial charge in [0, 0.05) is 61.8 Å². The summed E-state index contributed by atoms with van der Waals surface area (Å²) in [6.07, 6.45) is 0. The molecule has 8 heteroatoms. The van der Waals surface area contributed by atoms with Crippen LogP contribution in [0, 0.1) is 0 Å². The van der Waals surface area contributed by atoms with E-state index in [1.54, 1.807) is 11.0 Å². The molecule has 1 saturated heterocycles. The van der Waals surface area contributed by atoms with Crippen LogP contribution in [0.2, 0.25) is 0 Å². The van der Waals surface area contributed by atoms with Gasteiger partial charge in [-0.05, 0) is 11.4 Å². The van der Waals surface area contributed by atoms with Crippen LogP contribution in [0.4, 0.5) is 0 Å². The number of carbonyl (C=O) groups excluding carboxylic acids is 2. The lowest BCUT2D eigenvalue weighted by atomic mass is 10.1. The van der Waals surface area contributed by atoms with Gasteiger partial charge in [-0.3, -0.25) is 14.5 Å². The van der Waals surface area contributed by atoms with Gasteiger partial charge in [0.25, 0.3) is 11.8 Å². The lowest BCUT2D eigenvalue weighted by molar-refractivity contribution is 0.0628. The van der Waals surface area contributed by atoms with E-state index in [1.165, 1.54) is 11.3 Å². The molecule has 29 heavy (non-hydrogen) atoms. The zero-order valence-corrected chi connectivity index (χ0v) is 16.7. The number of nitrogens with zero attached hydrogens (tertiary/aromatic N) is 3. The third kappa shape index (κ3) is 4.72. The number of amides is 2. The van der Waals surface area contributed by atoms with E-state index >= 15 is 0 Å². The third-order valence-corrected chi connectivity index (χ3v) is 5.63. The van der Waals surface area contributed by atoms with Gasteiger partial charge in [0.2, 0.25) is 0 Å². The first-order valence-electron chi connectivity index (χ1n) is 9.55. The highest BCUT2D eigenvalue weighted by Crippen LogP contribution is 2.20. The molecule has 1 aromatic carbocycles. The van der Waals surface area contributed by atoms with Crippen LogP contribution in [-0.4, -0.2) is 66.0 Å². The second-order valence-corrected chi connectivity index (χ2v) is 7.62. The summed E-state index contributed by atoms with van der Waals surface area (Å²) >= 11 is 1.51. The Kier molecular flexibility index (Phi) is 6.02. The van der Waals surface area contributed by atoms with Crippen LogP contribution < -0.4 is 5.32 Å². The number of carbonyl (C=O) groups is 2. The highest BCUT2D eigenvalue weighted by atomic mass is 32.1. The number of aromatic nitrogens is 1. The normalized spacial score (nSPS) is 14.7. The number of hydrogen-bond acceptors (Lipinski definition) is 6. The standard InChI is InChI=1S/C21H22N4O3S/c26-20(17-6-13-29-15-17)22-7-8-24-9-11-25(12-10-24)21(27)18-14-19(28-23-18)16-4-2-1-3-5-16/h1-6,13-15H,7-12H2,(H,22,26). The van der Waals surface area contributed by atoms with Gasteiger partial charge in [-0.2, -0.15) is 11.3 Å². The Labute approximate surface area is 172 Å². The number of hydrogen-bond donors (Lipinski definition) is 1. The first-order chi connectivity index (χ1) is 14.2. The molecule has 2 amide bonds. The predicted molar refractivity (Wildman–Crippen MR) is 111 cm³/mol. The van der Waals surface area contributed by atoms with Gasteiger partial charge in [-0.15, -0.1) is 0 Å². The van der Waals surface area contributed by atoms with Crippen LogP contribution in [0.15, 0.2) is 57.7 Å². The zero-order valence-electron chi connectivity index (χ0n) is 15.9. The molecule has 0 spiro atoms. The Balaban J connectivity index is 1.24. The molecule has 0 saturated carbocycles. The van der Waals surface area contributed by atoms with Gasteiger partial charge in [-0.1, -0.05) is 35.5 Å². The molecule has 0 unspecified atom stereocenters. The van der Waals surface area contributed by atoms with Crippen LogP contribution >= 0.6 is 11.3 Å². The van der Waals surface area contributed by atoms with Crippen molar-refractivity contribution in [3.05, 3.63) is 64.5 Å². The van der Waals surface area contributed by atoms with Crippen LogP contribution in [0.25, 0.3) is 11.3 Å². The monoisotopic (exact) mass is 410 g/mol. The Hall–Kier alpha value is -2.97. The maximum absolute atomic E-state index is 12.7. The lowest BCUT2D eigenvalue weighted by Crippen LogP contribution is -2.50. The Morgan fingerprint density at radius 1 is 1.10 bits per heavy atom. The number of nitrogens with one attached hydrogen (secondary N) is 1. The maximum atomic E-state index is 12.7. The van der Waals surface area contributed by atoms with Gasteiger partial charge >= 0.3 is 0 Å². The van der Waals surface area contributed by atoms with Crippen LogP contribution in [0.5, 0.6) is 0 Å². The number of benzene rings is 1. The second-order valence-electron chi connectivity index (χ2n) is 6.84. The van der Waals surface area contributed by atoms with Gasteiger partial charge in [-0.25, -0.2) is 0 Å². The number of thiophene rings is 1. The van der Waals surface area contributed by atoms with Crippen molar-refractivity contribution in [1.29, 1.82) is 0 Å². The molecule has 3 aromatic rings. The van der Waals surface area contributed by atoms with Crippen molar-refractivity contribution in [2.45, 2.75) is 0 Å². The molecular weight excluding hydrogens is 388 g/mol. The average molecular weight is 410 g/mol. The summed E-state index contributed by atoms with van der Waals surface area (Å²) in [5, 5.41) is 10.6. The van der Waals surface area contributed by atoms with E-state index in [0.29, 0.717) is 36.7 Å². The molecule has 7 nitrogen and oxygen atoms in total. The molecule has 4 rings (SSSR count). The van der Waals surface area contributed by atoms with E-state index in [9.17, 15) is 9.59 Å². The summed E-state index contributed by atoms with van der Waals surface area (Å²) in [6.45, 7) is 4.15. The predicted octanol–water partition coefficient (Wildman–Crippen LogP) is 2.59. The van der Waals surface area contributed by atoms with E-state index in [4.69, 9.17) is 4.52 Å². The Bertz CT molecular complexity index is 947. The summed E-state index contributed by atoms with van der Waals surface area (Å²) < 4.78 is 5.34. The molecule has 0 aliphatic carbocycles. The van der Waals surface area contributed by atoms with Crippen molar-refractivity contribution >= 4 is 23.2 Å². The fraction of sp³-hybridized carbons (Fsp3) is 0.286. The Morgan fingerprint density at radius 2 is 1.90 bits per heavy atom. The molecular formula is C21H22N4O3S. The van der Waals surface area contributed by atoms with Crippen molar-refractivity contribution in [3.63, 3.8) is 0 Å². The van der Waals surface area contributed by atoms with Crippen LogP contribution in [-0.2, 0) is 0 Å². The van der Waals surface area contributed by atoms with Crippen LogP contribution in [0.1, 0.15) is 20.8 Å². The highest BCUT2D eigenvalue weighted by Gasteiger charge is 2.24. The summed E-state index contributed by atoms with van der Waals surface area (Å²) in [5.74, 6) is 0.440. The van der Waals surface area contributed by atoms with Crippen molar-refractivity contribution < 1.29 is 14.1 Å². The summed E-state index contributed by atoms with van der Waals surface area (Å²) in [7, 11) is 0. The van der Waals surface area contributed by atoms with Gasteiger partial charge in [0.1, 0.15) is 0 Å². The molecule has 1 aliphatic heterocycles. The van der Waals surface area contributed by atoms with Crippen molar-refractivity contribution in [1.82, 2.24) is 20.3 Å². The first-order valence-corrected chi connectivity index (χ1v) is 10.5. The van der Waals surface area contributed by atoms with Crippen molar-refractivity contribution in [2.24, 2.45) is 0 Å². The SMILES string of the molecule is O=C(NCCN1CCN(C(=O)c2cc(-c3ccccc3)on2)CC1)c1ccsc1. The van der Waals surface area contributed by atoms with E-state index in [1.807, 2.05) is 47.2 Å². The highest BCUT2D eigenvalue weighted by molar-refractivity contribution is 7.08. The molecule has 1 aliphatic rings. The smallest absolute Gasteiger partial charge is 0.276 e. The minimum Gasteiger partial charge on any atom is -0.355 e. The van der Waals surface area contributed by atoms with Crippen molar-refractivity contribution in [3.8, 4) is 11.3 Å². The fourth-order valence-electron chi connectivity index (χ4n) is 3.27. The Morgan fingerprint density at radius 3 is 2.62 bits per heavy atom. The second kappa shape index (κ2) is 9.02. The first kappa shape index (κ1) is 19.4. The molecule has 1 fully saturated rings. The molecule has 0 atom stereocenters. The van der Waals surface area contributed by atoms with E-state index in [0.717, 1.165) is 25.2 Å². The number of rotatable bonds is 6. The fourth-order valence-corrected chi connectivity index (χ4v) is 3.91. The van der Waals surface area contributed by atoms with Gasteiger partial charge in [0.15, 0.2) is 11.5 Å². The minimum absolute atomic E-state index is 0.0414. The number of piperazine rings is 1. The molecule has 3 heterocycles. The lowest BCUT2D eigenvalue weighted by Gasteiger charge is -2.34. The van der Waals surface area contributed by atoms with E-state index in [2.05, 4.69) is 15.4 Å². The molecule has 2 aromatic heterocycles. The molecule has 150 valence electrons. The van der Waals surface area contributed by atoms with Crippen molar-refractivity contribution in [2.75, 3.05) is 39.3 Å². The third-order valence-electron chi connectivity index (χ3n) is 4.94. The van der Waals surface area contributed by atoms with E-state index in [-0.39, 0.29) is 11.8 Å². The van der Waals surface area contributed by atoms with Gasteiger partial charge in [0.05, 0.1) is 0 Å². The molecule has 0 radical (unpaired) electrons. The van der Waals surface area contributed by atoms with E-state index < -0.39 is 0 Å². The summed E-state index contributed by atoms with van der Waals surface area (Å²) in [6, 6.07) is 13.1. The molecule has 1 N–H and O–H groups in total.